The Morgan fingerprint density at radius 1 is 1.08 bits per heavy atom. The minimum Gasteiger partial charge on any atom is -0.456 e. The van der Waals surface area contributed by atoms with Gasteiger partial charge in [-0.2, -0.15) is 0 Å². The van der Waals surface area contributed by atoms with Gasteiger partial charge in [-0.05, 0) is 35.7 Å². The van der Waals surface area contributed by atoms with Gasteiger partial charge >= 0.3 is 5.97 Å². The lowest BCUT2D eigenvalue weighted by Gasteiger charge is -2.08. The highest BCUT2D eigenvalue weighted by atomic mass is 32.2. The van der Waals surface area contributed by atoms with Gasteiger partial charge in [-0.3, -0.25) is 9.59 Å². The molecule has 0 aromatic heterocycles. The molecule has 0 saturated heterocycles. The summed E-state index contributed by atoms with van der Waals surface area (Å²) in [4.78, 5) is 23.2. The number of hydrogen-bond acceptors (Lipinski definition) is 5. The summed E-state index contributed by atoms with van der Waals surface area (Å²) in [6, 6.07) is 12.5. The van der Waals surface area contributed by atoms with Crippen LogP contribution in [0.15, 0.2) is 47.4 Å². The topological polar surface area (TPSA) is 102 Å². The van der Waals surface area contributed by atoms with Crippen molar-refractivity contribution in [3.63, 3.8) is 0 Å². The third kappa shape index (κ3) is 5.03. The van der Waals surface area contributed by atoms with Gasteiger partial charge in [-0.15, -0.1) is 0 Å². The summed E-state index contributed by atoms with van der Waals surface area (Å²) in [5.74, 6) is -0.963. The normalized spacial score (nSPS) is 14.2. The second-order valence-corrected chi connectivity index (χ2v) is 7.93. The molecule has 0 spiro atoms. The molecule has 3 rings (SSSR count). The third-order valence-electron chi connectivity index (χ3n) is 3.96. The summed E-state index contributed by atoms with van der Waals surface area (Å²) >= 11 is 0. The molecule has 1 saturated carbocycles. The van der Waals surface area contributed by atoms with Crippen LogP contribution < -0.4 is 10.0 Å². The van der Waals surface area contributed by atoms with Crippen LogP contribution >= 0.6 is 0 Å². The average molecular weight is 376 g/mol. The van der Waals surface area contributed by atoms with Crippen LogP contribution in [0.25, 0.3) is 10.8 Å². The van der Waals surface area contributed by atoms with E-state index in [4.69, 9.17) is 4.74 Å². The number of carbonyl (C=O) groups excluding carboxylic acids is 2. The summed E-state index contributed by atoms with van der Waals surface area (Å²) in [5.41, 5.74) is 0. The number of esters is 1. The predicted molar refractivity (Wildman–Crippen MR) is 95.9 cm³/mol. The van der Waals surface area contributed by atoms with Gasteiger partial charge in [-0.1, -0.05) is 30.3 Å². The molecule has 0 radical (unpaired) electrons. The lowest BCUT2D eigenvalue weighted by molar-refractivity contribution is -0.148. The molecule has 1 fully saturated rings. The average Bonchev–Trinajstić information content (AvgIpc) is 3.43. The fraction of sp³-hybridized carbons (Fsp3) is 0.333. The molecule has 8 heteroatoms. The maximum atomic E-state index is 12.3. The van der Waals surface area contributed by atoms with Crippen LogP contribution in [0.2, 0.25) is 0 Å². The summed E-state index contributed by atoms with van der Waals surface area (Å²) in [5, 5.41) is 4.46. The van der Waals surface area contributed by atoms with Crippen molar-refractivity contribution in [2.45, 2.75) is 30.2 Å². The molecule has 7 nitrogen and oxygen atoms in total. The van der Waals surface area contributed by atoms with Crippen molar-refractivity contribution >= 4 is 32.7 Å². The lowest BCUT2D eigenvalue weighted by Crippen LogP contribution is -2.31. The molecular weight excluding hydrogens is 356 g/mol. The Morgan fingerprint density at radius 2 is 1.81 bits per heavy atom. The van der Waals surface area contributed by atoms with Gasteiger partial charge in [0.25, 0.3) is 5.91 Å². The van der Waals surface area contributed by atoms with E-state index in [-0.39, 0.29) is 36.4 Å². The fourth-order valence-electron chi connectivity index (χ4n) is 2.42. The van der Waals surface area contributed by atoms with Crippen molar-refractivity contribution in [3.05, 3.63) is 42.5 Å². The van der Waals surface area contributed by atoms with Crippen molar-refractivity contribution < 1.29 is 22.7 Å². The molecule has 2 N–H and O–H groups in total. The maximum absolute atomic E-state index is 12.3. The van der Waals surface area contributed by atoms with Crippen molar-refractivity contribution in [3.8, 4) is 0 Å². The Hall–Kier alpha value is -2.45. The predicted octanol–water partition coefficient (Wildman–Crippen LogP) is 1.33. The number of rotatable bonds is 8. The van der Waals surface area contributed by atoms with Crippen molar-refractivity contribution in [1.82, 2.24) is 10.0 Å². The number of benzene rings is 2. The van der Waals surface area contributed by atoms with E-state index in [2.05, 4.69) is 10.0 Å². The molecule has 1 aliphatic rings. The van der Waals surface area contributed by atoms with Crippen LogP contribution in [-0.2, 0) is 24.3 Å². The zero-order chi connectivity index (χ0) is 18.6. The molecule has 0 bridgehead atoms. The summed E-state index contributed by atoms with van der Waals surface area (Å²) in [6.45, 7) is -0.439. The second kappa shape index (κ2) is 7.84. The van der Waals surface area contributed by atoms with E-state index >= 15 is 0 Å². The van der Waals surface area contributed by atoms with Gasteiger partial charge in [0.05, 0.1) is 11.3 Å². The lowest BCUT2D eigenvalue weighted by atomic mass is 10.1. The Kier molecular flexibility index (Phi) is 5.53. The molecule has 26 heavy (non-hydrogen) atoms. The number of fused-ring (bicyclic) bond motifs is 1. The highest BCUT2D eigenvalue weighted by Crippen LogP contribution is 2.19. The van der Waals surface area contributed by atoms with E-state index in [1.54, 1.807) is 12.1 Å². The molecule has 0 unspecified atom stereocenters. The van der Waals surface area contributed by atoms with E-state index in [0.717, 1.165) is 23.6 Å². The highest BCUT2D eigenvalue weighted by molar-refractivity contribution is 7.89. The first-order valence-electron chi connectivity index (χ1n) is 8.37. The van der Waals surface area contributed by atoms with Gasteiger partial charge in [0.15, 0.2) is 6.61 Å². The van der Waals surface area contributed by atoms with Crippen LogP contribution in [0, 0.1) is 0 Å². The first-order valence-corrected chi connectivity index (χ1v) is 9.86. The van der Waals surface area contributed by atoms with Gasteiger partial charge < -0.3 is 10.1 Å². The number of sulfonamides is 1. The van der Waals surface area contributed by atoms with Crippen LogP contribution in [0.4, 0.5) is 0 Å². The van der Waals surface area contributed by atoms with E-state index < -0.39 is 16.0 Å². The smallest absolute Gasteiger partial charge is 0.307 e. The zero-order valence-corrected chi connectivity index (χ0v) is 14.9. The van der Waals surface area contributed by atoms with E-state index in [1.807, 2.05) is 24.3 Å². The largest absolute Gasteiger partial charge is 0.456 e. The quantitative estimate of drug-likeness (QED) is 0.677. The van der Waals surface area contributed by atoms with Crippen molar-refractivity contribution in [1.29, 1.82) is 0 Å². The summed E-state index contributed by atoms with van der Waals surface area (Å²) in [6.07, 6.45) is 1.76. The number of carbonyl (C=O) groups is 2. The van der Waals surface area contributed by atoms with Crippen LogP contribution in [0.3, 0.4) is 0 Å². The molecule has 1 amide bonds. The first kappa shape index (κ1) is 18.3. The molecular formula is C18H20N2O5S. The fourth-order valence-corrected chi connectivity index (χ4v) is 3.49. The third-order valence-corrected chi connectivity index (χ3v) is 5.42. The first-order chi connectivity index (χ1) is 12.4. The number of nitrogens with one attached hydrogen (secondary N) is 2. The summed E-state index contributed by atoms with van der Waals surface area (Å²) in [7, 11) is -3.72. The van der Waals surface area contributed by atoms with Crippen molar-refractivity contribution in [2.24, 2.45) is 0 Å². The van der Waals surface area contributed by atoms with E-state index in [0.29, 0.717) is 0 Å². The Balaban J connectivity index is 1.47. The zero-order valence-electron chi connectivity index (χ0n) is 14.1. The maximum Gasteiger partial charge on any atom is 0.307 e. The highest BCUT2D eigenvalue weighted by Gasteiger charge is 2.23. The minimum atomic E-state index is -3.72. The van der Waals surface area contributed by atoms with Gasteiger partial charge in [0.2, 0.25) is 10.0 Å². The second-order valence-electron chi connectivity index (χ2n) is 6.16. The SMILES string of the molecule is O=C(COC(=O)CCNS(=O)(=O)c1ccc2ccccc2c1)NC1CC1. The van der Waals surface area contributed by atoms with Crippen LogP contribution in [0.1, 0.15) is 19.3 Å². The van der Waals surface area contributed by atoms with E-state index in [9.17, 15) is 18.0 Å². The molecule has 2 aromatic rings. The van der Waals surface area contributed by atoms with E-state index in [1.165, 1.54) is 6.07 Å². The number of amides is 1. The minimum absolute atomic E-state index is 0.0990. The van der Waals surface area contributed by atoms with Crippen molar-refractivity contribution in [2.75, 3.05) is 13.2 Å². The molecule has 0 aliphatic heterocycles. The van der Waals surface area contributed by atoms with Crippen LogP contribution in [-0.4, -0.2) is 39.5 Å². The Bertz CT molecular complexity index is 922. The van der Waals surface area contributed by atoms with Gasteiger partial charge in [-0.25, -0.2) is 13.1 Å². The Morgan fingerprint density at radius 3 is 2.54 bits per heavy atom. The molecule has 138 valence electrons. The molecule has 1 aliphatic carbocycles. The molecule has 0 atom stereocenters. The Labute approximate surface area is 151 Å². The van der Waals surface area contributed by atoms with Crippen LogP contribution in [0.5, 0.6) is 0 Å². The molecule has 0 heterocycles. The monoisotopic (exact) mass is 376 g/mol. The van der Waals surface area contributed by atoms with Gasteiger partial charge in [0, 0.05) is 12.6 Å². The van der Waals surface area contributed by atoms with Gasteiger partial charge in [0.1, 0.15) is 0 Å². The standard InChI is InChI=1S/C18H20N2O5S/c21-17(20-15-6-7-15)12-25-18(22)9-10-19-26(23,24)16-8-5-13-3-1-2-4-14(13)11-16/h1-5,8,11,15,19H,6-7,9-10,12H2,(H,20,21). The number of hydrogen-bond donors (Lipinski definition) is 2. The molecule has 2 aromatic carbocycles. The number of ether oxygens (including phenoxy) is 1. The summed E-state index contributed by atoms with van der Waals surface area (Å²) < 4.78 is 31.8.